The summed E-state index contributed by atoms with van der Waals surface area (Å²) in [5.41, 5.74) is 3.12. The Kier molecular flexibility index (Phi) is 7.28. The Morgan fingerprint density at radius 2 is 2.03 bits per heavy atom. The first-order valence-corrected chi connectivity index (χ1v) is 14.3. The summed E-state index contributed by atoms with van der Waals surface area (Å²) >= 11 is 8.17. The van der Waals surface area contributed by atoms with Crippen molar-refractivity contribution in [2.24, 2.45) is 0 Å². The van der Waals surface area contributed by atoms with Crippen molar-refractivity contribution in [1.82, 2.24) is 9.88 Å². The number of rotatable bonds is 4. The number of aromatic nitrogens is 1. The molecule has 1 N–H and O–H groups in total. The van der Waals surface area contributed by atoms with Crippen molar-refractivity contribution in [2.75, 3.05) is 25.1 Å². The van der Waals surface area contributed by atoms with Gasteiger partial charge in [0.05, 0.1) is 23.9 Å². The number of benzene rings is 1. The van der Waals surface area contributed by atoms with Crippen LogP contribution in [0.5, 0.6) is 0 Å². The fourth-order valence-electron chi connectivity index (χ4n) is 5.85. The number of hydrogen-bond acceptors (Lipinski definition) is 8. The van der Waals surface area contributed by atoms with Gasteiger partial charge in [0.2, 0.25) is 0 Å². The molecule has 2 aromatic heterocycles. The van der Waals surface area contributed by atoms with Gasteiger partial charge in [-0.25, -0.2) is 9.59 Å². The molecule has 2 aliphatic rings. The molecule has 1 fully saturated rings. The highest BCUT2D eigenvalue weighted by atomic mass is 35.5. The second-order valence-electron chi connectivity index (χ2n) is 11.4. The molecule has 0 saturated carbocycles. The smallest absolute Gasteiger partial charge is 0.411 e. The SMILES string of the molecule is COC(=O)[C@@]1(C)C[C@@H](N2CCCc3cc(Cl)cc(-c4ccnc5cc(CO)sc45)c32)CN1C(=O)OC(C)(C)C. The molecule has 0 radical (unpaired) electrons. The maximum absolute atomic E-state index is 13.3. The van der Waals surface area contributed by atoms with Crippen LogP contribution >= 0.6 is 22.9 Å². The van der Waals surface area contributed by atoms with Crippen molar-refractivity contribution < 1.29 is 24.2 Å². The topological polar surface area (TPSA) is 92.2 Å². The average molecular weight is 572 g/mol. The summed E-state index contributed by atoms with van der Waals surface area (Å²) in [5.74, 6) is -0.463. The van der Waals surface area contributed by atoms with Gasteiger partial charge in [0.25, 0.3) is 0 Å². The van der Waals surface area contributed by atoms with E-state index in [4.69, 9.17) is 21.1 Å². The van der Waals surface area contributed by atoms with E-state index in [1.54, 1.807) is 13.1 Å². The summed E-state index contributed by atoms with van der Waals surface area (Å²) in [7, 11) is 1.35. The van der Waals surface area contributed by atoms with Gasteiger partial charge in [-0.05, 0) is 70.4 Å². The van der Waals surface area contributed by atoms with Crippen LogP contribution in [0.2, 0.25) is 5.02 Å². The fraction of sp³-hybridized carbons (Fsp3) is 0.483. The highest BCUT2D eigenvalue weighted by Gasteiger charge is 2.54. The predicted molar refractivity (Wildman–Crippen MR) is 153 cm³/mol. The minimum Gasteiger partial charge on any atom is -0.467 e. The number of aliphatic hydroxyl groups is 1. The lowest BCUT2D eigenvalue weighted by Crippen LogP contribution is -2.52. The highest BCUT2D eigenvalue weighted by molar-refractivity contribution is 7.19. The number of thiophene rings is 1. The molecule has 4 heterocycles. The molecule has 10 heteroatoms. The number of anilines is 1. The second-order valence-corrected chi connectivity index (χ2v) is 13.0. The molecule has 0 aliphatic carbocycles. The molecule has 208 valence electrons. The van der Waals surface area contributed by atoms with E-state index in [1.807, 2.05) is 45.0 Å². The quantitative estimate of drug-likeness (QED) is 0.395. The summed E-state index contributed by atoms with van der Waals surface area (Å²) < 4.78 is 11.9. The van der Waals surface area contributed by atoms with Crippen LogP contribution in [0.15, 0.2) is 30.5 Å². The van der Waals surface area contributed by atoms with Crippen LogP contribution in [-0.4, -0.2) is 64.4 Å². The van der Waals surface area contributed by atoms with E-state index in [-0.39, 0.29) is 12.6 Å². The summed E-state index contributed by atoms with van der Waals surface area (Å²) in [6, 6.07) is 7.74. The number of aliphatic hydroxyl groups excluding tert-OH is 1. The first-order valence-electron chi connectivity index (χ1n) is 13.1. The summed E-state index contributed by atoms with van der Waals surface area (Å²) in [6.45, 7) is 8.24. The van der Waals surface area contributed by atoms with Crippen LogP contribution in [-0.2, 0) is 27.3 Å². The molecule has 1 amide bonds. The van der Waals surface area contributed by atoms with Crippen LogP contribution in [0.1, 0.15) is 51.0 Å². The monoisotopic (exact) mass is 571 g/mol. The Hall–Kier alpha value is -2.88. The van der Waals surface area contributed by atoms with E-state index in [1.165, 1.54) is 23.3 Å². The third-order valence-electron chi connectivity index (χ3n) is 7.50. The molecule has 0 unspecified atom stereocenters. The average Bonchev–Trinajstić information content (AvgIpc) is 3.48. The third kappa shape index (κ3) is 5.08. The van der Waals surface area contributed by atoms with Crippen molar-refractivity contribution in [1.29, 1.82) is 0 Å². The molecule has 0 bridgehead atoms. The number of likely N-dealkylation sites (tertiary alicyclic amines) is 1. The van der Waals surface area contributed by atoms with Gasteiger partial charge in [0.1, 0.15) is 11.1 Å². The Labute approximate surface area is 237 Å². The van der Waals surface area contributed by atoms with Crippen molar-refractivity contribution >= 4 is 50.9 Å². The number of pyridine rings is 1. The van der Waals surface area contributed by atoms with Crippen molar-refractivity contribution in [3.8, 4) is 11.1 Å². The first-order chi connectivity index (χ1) is 18.4. The van der Waals surface area contributed by atoms with Gasteiger partial charge in [-0.15, -0.1) is 11.3 Å². The van der Waals surface area contributed by atoms with Gasteiger partial charge in [-0.1, -0.05) is 11.6 Å². The molecule has 8 nitrogen and oxygen atoms in total. The van der Waals surface area contributed by atoms with Gasteiger partial charge in [-0.3, -0.25) is 9.88 Å². The van der Waals surface area contributed by atoms with E-state index in [0.717, 1.165) is 56.9 Å². The number of halogens is 1. The van der Waals surface area contributed by atoms with Crippen LogP contribution in [0.3, 0.4) is 0 Å². The molecular formula is C29H34ClN3O5S. The zero-order valence-corrected chi connectivity index (χ0v) is 24.5. The van der Waals surface area contributed by atoms with Gasteiger partial charge >= 0.3 is 12.1 Å². The Morgan fingerprint density at radius 1 is 1.26 bits per heavy atom. The zero-order chi connectivity index (χ0) is 28.1. The summed E-state index contributed by atoms with van der Waals surface area (Å²) in [6.07, 6.45) is 3.44. The third-order valence-corrected chi connectivity index (χ3v) is 8.86. The molecule has 2 atom stereocenters. The summed E-state index contributed by atoms with van der Waals surface area (Å²) in [4.78, 5) is 35.6. The Morgan fingerprint density at radius 3 is 2.72 bits per heavy atom. The van der Waals surface area contributed by atoms with Crippen molar-refractivity contribution in [2.45, 2.75) is 70.7 Å². The highest BCUT2D eigenvalue weighted by Crippen LogP contribution is 2.46. The lowest BCUT2D eigenvalue weighted by Gasteiger charge is -2.38. The zero-order valence-electron chi connectivity index (χ0n) is 22.9. The number of nitrogens with zero attached hydrogens (tertiary/aromatic N) is 3. The van der Waals surface area contributed by atoms with Crippen LogP contribution in [0.25, 0.3) is 21.3 Å². The lowest BCUT2D eigenvalue weighted by molar-refractivity contribution is -0.152. The number of carbonyl (C=O) groups is 2. The predicted octanol–water partition coefficient (Wildman–Crippen LogP) is 5.80. The second kappa shape index (κ2) is 10.3. The fourth-order valence-corrected chi connectivity index (χ4v) is 7.09. The van der Waals surface area contributed by atoms with E-state index in [2.05, 4.69) is 9.88 Å². The number of esters is 1. The molecule has 2 aliphatic heterocycles. The van der Waals surface area contributed by atoms with Crippen LogP contribution in [0, 0.1) is 0 Å². The summed E-state index contributed by atoms with van der Waals surface area (Å²) in [5, 5.41) is 10.4. The largest absolute Gasteiger partial charge is 0.467 e. The minimum absolute atomic E-state index is 0.0467. The number of amides is 1. The maximum atomic E-state index is 13.3. The van der Waals surface area contributed by atoms with E-state index < -0.39 is 23.2 Å². The maximum Gasteiger partial charge on any atom is 0.411 e. The van der Waals surface area contributed by atoms with Crippen molar-refractivity contribution in [3.63, 3.8) is 0 Å². The molecule has 3 aromatic rings. The number of hydrogen-bond donors (Lipinski definition) is 1. The van der Waals surface area contributed by atoms with Crippen LogP contribution < -0.4 is 4.90 Å². The number of ether oxygens (including phenoxy) is 2. The molecule has 5 rings (SSSR count). The Balaban J connectivity index is 1.61. The number of fused-ring (bicyclic) bond motifs is 2. The van der Waals surface area contributed by atoms with Crippen molar-refractivity contribution in [3.05, 3.63) is 45.9 Å². The molecular weight excluding hydrogens is 538 g/mol. The molecule has 1 saturated heterocycles. The standard InChI is InChI=1S/C29H34ClN3O5S/c1-28(2,3)38-27(36)33-15-19(14-29(33,4)26(35)37-5)32-10-6-7-17-11-18(30)12-22(24(17)32)21-8-9-31-23-13-20(16-34)39-25(21)23/h8-9,11-13,19,34H,6-7,10,14-16H2,1-5H3/t19-,29-/m1/s1. The van der Waals surface area contributed by atoms with E-state index in [0.29, 0.717) is 18.0 Å². The lowest BCUT2D eigenvalue weighted by atomic mass is 9.91. The minimum atomic E-state index is -1.17. The van der Waals surface area contributed by atoms with Gasteiger partial charge in [0.15, 0.2) is 0 Å². The molecule has 0 spiro atoms. The molecule has 1 aromatic carbocycles. The van der Waals surface area contributed by atoms with Gasteiger partial charge in [-0.2, -0.15) is 0 Å². The number of aryl methyl sites for hydroxylation is 1. The van der Waals surface area contributed by atoms with Gasteiger partial charge in [0, 0.05) is 58.5 Å². The van der Waals surface area contributed by atoms with E-state index in [9.17, 15) is 14.7 Å². The number of carbonyl (C=O) groups excluding carboxylic acids is 2. The molecule has 39 heavy (non-hydrogen) atoms. The first kappa shape index (κ1) is 27.7. The normalized spacial score (nSPS) is 21.3. The van der Waals surface area contributed by atoms with Gasteiger partial charge < -0.3 is 19.5 Å². The van der Waals surface area contributed by atoms with Crippen LogP contribution in [0.4, 0.5) is 10.5 Å². The Bertz CT molecular complexity index is 1430. The number of methoxy groups -OCH3 is 1. The van der Waals surface area contributed by atoms with E-state index >= 15 is 0 Å².